The Labute approximate surface area is 129 Å². The van der Waals surface area contributed by atoms with Crippen LogP contribution in [0.5, 0.6) is 5.75 Å². The first-order chi connectivity index (χ1) is 10.1. The first-order valence-corrected chi connectivity index (χ1v) is 8.28. The van der Waals surface area contributed by atoms with Gasteiger partial charge < -0.3 is 10.1 Å². The Balaban J connectivity index is 2.19. The lowest BCUT2D eigenvalue weighted by Gasteiger charge is -2.35. The van der Waals surface area contributed by atoms with Crippen LogP contribution in [0.1, 0.15) is 52.1 Å². The molecule has 0 spiro atoms. The average molecular weight is 290 g/mol. The van der Waals surface area contributed by atoms with Crippen LogP contribution >= 0.6 is 0 Å². The SMILES string of the molecule is CCNC(CN1CCCC1(C)C)c1ccccc1OCC. The first-order valence-electron chi connectivity index (χ1n) is 8.28. The highest BCUT2D eigenvalue weighted by Gasteiger charge is 2.33. The molecule has 1 atom stereocenters. The Bertz CT molecular complexity index is 445. The van der Waals surface area contributed by atoms with Crippen LogP contribution in [0.2, 0.25) is 0 Å². The Morgan fingerprint density at radius 3 is 2.67 bits per heavy atom. The molecule has 1 heterocycles. The molecule has 0 amide bonds. The molecule has 1 aliphatic rings. The van der Waals surface area contributed by atoms with Crippen molar-refractivity contribution in [3.05, 3.63) is 29.8 Å². The van der Waals surface area contributed by atoms with Crippen molar-refractivity contribution in [1.29, 1.82) is 0 Å². The lowest BCUT2D eigenvalue weighted by atomic mass is 9.99. The van der Waals surface area contributed by atoms with Gasteiger partial charge in [0, 0.05) is 23.7 Å². The molecular formula is C18H30N2O. The molecule has 3 heteroatoms. The smallest absolute Gasteiger partial charge is 0.124 e. The summed E-state index contributed by atoms with van der Waals surface area (Å²) in [6.07, 6.45) is 2.60. The molecule has 2 rings (SSSR count). The first kappa shape index (κ1) is 16.3. The Hall–Kier alpha value is -1.06. The predicted molar refractivity (Wildman–Crippen MR) is 88.9 cm³/mol. The predicted octanol–water partition coefficient (Wildman–Crippen LogP) is 3.61. The summed E-state index contributed by atoms with van der Waals surface area (Å²) in [7, 11) is 0. The summed E-state index contributed by atoms with van der Waals surface area (Å²) in [6.45, 7) is 12.9. The summed E-state index contributed by atoms with van der Waals surface area (Å²) < 4.78 is 5.82. The maximum Gasteiger partial charge on any atom is 0.124 e. The fourth-order valence-electron chi connectivity index (χ4n) is 3.30. The van der Waals surface area contributed by atoms with Gasteiger partial charge in [0.1, 0.15) is 5.75 Å². The number of likely N-dealkylation sites (tertiary alicyclic amines) is 1. The van der Waals surface area contributed by atoms with Gasteiger partial charge in [0.15, 0.2) is 0 Å². The van der Waals surface area contributed by atoms with Gasteiger partial charge in [-0.25, -0.2) is 0 Å². The van der Waals surface area contributed by atoms with E-state index in [2.05, 4.69) is 55.3 Å². The van der Waals surface area contributed by atoms with Crippen molar-refractivity contribution in [2.24, 2.45) is 0 Å². The van der Waals surface area contributed by atoms with Gasteiger partial charge in [0.2, 0.25) is 0 Å². The summed E-state index contributed by atoms with van der Waals surface area (Å²) in [6, 6.07) is 8.77. The van der Waals surface area contributed by atoms with E-state index in [0.29, 0.717) is 18.2 Å². The Kier molecular flexibility index (Phi) is 5.65. The normalized spacial score (nSPS) is 19.6. The third-order valence-corrected chi connectivity index (χ3v) is 4.52. The van der Waals surface area contributed by atoms with Crippen LogP contribution in [0.4, 0.5) is 0 Å². The number of nitrogens with one attached hydrogen (secondary N) is 1. The number of nitrogens with zero attached hydrogens (tertiary/aromatic N) is 1. The fourth-order valence-corrected chi connectivity index (χ4v) is 3.30. The third kappa shape index (κ3) is 3.98. The maximum atomic E-state index is 5.82. The molecule has 1 aromatic carbocycles. The molecule has 0 aromatic heterocycles. The zero-order chi connectivity index (χ0) is 15.3. The van der Waals surface area contributed by atoms with Gasteiger partial charge in [-0.2, -0.15) is 0 Å². The molecule has 1 N–H and O–H groups in total. The molecule has 0 saturated carbocycles. The second-order valence-corrected chi connectivity index (χ2v) is 6.44. The zero-order valence-corrected chi connectivity index (χ0v) is 14.0. The molecule has 0 aliphatic carbocycles. The van der Waals surface area contributed by atoms with E-state index in [1.165, 1.54) is 24.9 Å². The van der Waals surface area contributed by atoms with Gasteiger partial charge in [0.25, 0.3) is 0 Å². The van der Waals surface area contributed by atoms with E-state index in [4.69, 9.17) is 4.74 Å². The number of rotatable bonds is 7. The van der Waals surface area contributed by atoms with Crippen molar-refractivity contribution in [1.82, 2.24) is 10.2 Å². The maximum absolute atomic E-state index is 5.82. The average Bonchev–Trinajstić information content (AvgIpc) is 2.78. The van der Waals surface area contributed by atoms with E-state index in [0.717, 1.165) is 18.8 Å². The fraction of sp³-hybridized carbons (Fsp3) is 0.667. The zero-order valence-electron chi connectivity index (χ0n) is 14.0. The van der Waals surface area contributed by atoms with Gasteiger partial charge in [-0.05, 0) is 52.8 Å². The van der Waals surface area contributed by atoms with E-state index in [1.54, 1.807) is 0 Å². The van der Waals surface area contributed by atoms with E-state index in [9.17, 15) is 0 Å². The molecule has 3 nitrogen and oxygen atoms in total. The molecule has 1 aliphatic heterocycles. The summed E-state index contributed by atoms with van der Waals surface area (Å²) in [5.74, 6) is 1.02. The second kappa shape index (κ2) is 7.28. The molecule has 118 valence electrons. The van der Waals surface area contributed by atoms with Crippen LogP contribution in [0, 0.1) is 0 Å². The summed E-state index contributed by atoms with van der Waals surface area (Å²) in [4.78, 5) is 2.61. The van der Waals surface area contributed by atoms with Crippen molar-refractivity contribution < 1.29 is 4.74 Å². The van der Waals surface area contributed by atoms with Crippen LogP contribution in [0.25, 0.3) is 0 Å². The highest BCUT2D eigenvalue weighted by molar-refractivity contribution is 5.36. The summed E-state index contributed by atoms with van der Waals surface area (Å²) >= 11 is 0. The van der Waals surface area contributed by atoms with Gasteiger partial charge in [-0.1, -0.05) is 25.1 Å². The number of hydrogen-bond donors (Lipinski definition) is 1. The third-order valence-electron chi connectivity index (χ3n) is 4.52. The molecule has 21 heavy (non-hydrogen) atoms. The highest BCUT2D eigenvalue weighted by Crippen LogP contribution is 2.32. The van der Waals surface area contributed by atoms with Crippen molar-refractivity contribution in [2.45, 2.75) is 52.1 Å². The van der Waals surface area contributed by atoms with Crippen LogP contribution in [0.15, 0.2) is 24.3 Å². The number of benzene rings is 1. The summed E-state index contributed by atoms with van der Waals surface area (Å²) in [5, 5.41) is 3.64. The van der Waals surface area contributed by atoms with Crippen molar-refractivity contribution in [3.63, 3.8) is 0 Å². The number of para-hydroxylation sites is 1. The molecule has 1 saturated heterocycles. The highest BCUT2D eigenvalue weighted by atomic mass is 16.5. The van der Waals surface area contributed by atoms with Crippen molar-refractivity contribution in [2.75, 3.05) is 26.2 Å². The number of hydrogen-bond acceptors (Lipinski definition) is 3. The van der Waals surface area contributed by atoms with Gasteiger partial charge in [-0.15, -0.1) is 0 Å². The molecule has 1 aromatic rings. The van der Waals surface area contributed by atoms with Crippen LogP contribution < -0.4 is 10.1 Å². The molecule has 1 fully saturated rings. The monoisotopic (exact) mass is 290 g/mol. The molecular weight excluding hydrogens is 260 g/mol. The van der Waals surface area contributed by atoms with Crippen LogP contribution in [-0.2, 0) is 0 Å². The van der Waals surface area contributed by atoms with Crippen LogP contribution in [-0.4, -0.2) is 36.7 Å². The number of likely N-dealkylation sites (N-methyl/N-ethyl adjacent to an activating group) is 1. The van der Waals surface area contributed by atoms with Gasteiger partial charge in [0.05, 0.1) is 6.61 Å². The largest absolute Gasteiger partial charge is 0.494 e. The van der Waals surface area contributed by atoms with Gasteiger partial charge in [-0.3, -0.25) is 4.90 Å². The van der Waals surface area contributed by atoms with Crippen LogP contribution in [0.3, 0.4) is 0 Å². The molecule has 1 unspecified atom stereocenters. The van der Waals surface area contributed by atoms with Crippen molar-refractivity contribution in [3.8, 4) is 5.75 Å². The van der Waals surface area contributed by atoms with E-state index < -0.39 is 0 Å². The Morgan fingerprint density at radius 1 is 1.29 bits per heavy atom. The topological polar surface area (TPSA) is 24.5 Å². The molecule has 0 bridgehead atoms. The minimum Gasteiger partial charge on any atom is -0.494 e. The lowest BCUT2D eigenvalue weighted by molar-refractivity contribution is 0.156. The Morgan fingerprint density at radius 2 is 2.05 bits per heavy atom. The lowest BCUT2D eigenvalue weighted by Crippen LogP contribution is -2.43. The quantitative estimate of drug-likeness (QED) is 0.830. The van der Waals surface area contributed by atoms with Gasteiger partial charge >= 0.3 is 0 Å². The molecule has 0 radical (unpaired) electrons. The van der Waals surface area contributed by atoms with Crippen molar-refractivity contribution >= 4 is 0 Å². The standard InChI is InChI=1S/C18H30N2O/c1-5-19-16(14-20-13-9-12-18(20,3)4)15-10-7-8-11-17(15)21-6-2/h7-8,10-11,16,19H,5-6,9,12-14H2,1-4H3. The second-order valence-electron chi connectivity index (χ2n) is 6.44. The van der Waals surface area contributed by atoms with E-state index in [1.807, 2.05) is 6.92 Å². The minimum atomic E-state index is 0.314. The number of ether oxygens (including phenoxy) is 1. The van der Waals surface area contributed by atoms with E-state index >= 15 is 0 Å². The van der Waals surface area contributed by atoms with E-state index in [-0.39, 0.29) is 0 Å². The summed E-state index contributed by atoms with van der Waals surface area (Å²) in [5.41, 5.74) is 1.60. The minimum absolute atomic E-state index is 0.314.